The summed E-state index contributed by atoms with van der Waals surface area (Å²) >= 11 is 0. The molecule has 0 spiro atoms. The molecule has 11 heteroatoms. The van der Waals surface area contributed by atoms with Gasteiger partial charge in [-0.15, -0.1) is 0 Å². The zero-order valence-corrected chi connectivity index (χ0v) is 17.7. The Kier molecular flexibility index (Phi) is 4.41. The minimum atomic E-state index is -4.53. The summed E-state index contributed by atoms with van der Waals surface area (Å²) in [5.41, 5.74) is -0.202. The third kappa shape index (κ3) is 3.04. The van der Waals surface area contributed by atoms with Crippen molar-refractivity contribution in [2.75, 3.05) is 29.5 Å². The predicted molar refractivity (Wildman–Crippen MR) is 108 cm³/mol. The molecular formula is C20H25F3N6O2. The Labute approximate surface area is 177 Å². The third-order valence-corrected chi connectivity index (χ3v) is 6.95. The van der Waals surface area contributed by atoms with Crippen LogP contribution in [0, 0.1) is 13.8 Å². The van der Waals surface area contributed by atoms with Gasteiger partial charge < -0.3 is 14.5 Å². The van der Waals surface area contributed by atoms with E-state index >= 15 is 0 Å². The first-order valence-corrected chi connectivity index (χ1v) is 10.4. The van der Waals surface area contributed by atoms with Crippen LogP contribution in [0.5, 0.6) is 0 Å². The highest BCUT2D eigenvalue weighted by Gasteiger charge is 2.59. The van der Waals surface area contributed by atoms with E-state index in [1.54, 1.807) is 0 Å². The molecule has 0 aliphatic carbocycles. The second-order valence-corrected chi connectivity index (χ2v) is 8.92. The van der Waals surface area contributed by atoms with Gasteiger partial charge in [0.1, 0.15) is 5.82 Å². The van der Waals surface area contributed by atoms with Crippen molar-refractivity contribution in [2.24, 2.45) is 0 Å². The zero-order chi connectivity index (χ0) is 22.1. The Hall–Kier alpha value is -2.56. The molecule has 31 heavy (non-hydrogen) atoms. The summed E-state index contributed by atoms with van der Waals surface area (Å²) in [5.74, 6) is 0.504. The smallest absolute Gasteiger partial charge is 0.374 e. The number of hydrogen-bond acceptors (Lipinski definition) is 6. The van der Waals surface area contributed by atoms with Crippen molar-refractivity contribution >= 4 is 11.8 Å². The number of nitrogens with zero attached hydrogens (tertiary/aromatic N) is 5. The van der Waals surface area contributed by atoms with Gasteiger partial charge in [-0.3, -0.25) is 14.5 Å². The molecule has 2 saturated heterocycles. The summed E-state index contributed by atoms with van der Waals surface area (Å²) in [7, 11) is 0. The van der Waals surface area contributed by atoms with Gasteiger partial charge in [0.15, 0.2) is 5.54 Å². The van der Waals surface area contributed by atoms with Crippen molar-refractivity contribution < 1.29 is 17.9 Å². The van der Waals surface area contributed by atoms with Crippen molar-refractivity contribution in [2.45, 2.75) is 64.0 Å². The zero-order valence-electron chi connectivity index (χ0n) is 17.7. The highest BCUT2D eigenvalue weighted by Crippen LogP contribution is 2.44. The maximum Gasteiger partial charge on any atom is 0.413 e. The minimum absolute atomic E-state index is 0.0717. The summed E-state index contributed by atoms with van der Waals surface area (Å²) < 4.78 is 49.4. The van der Waals surface area contributed by atoms with Crippen LogP contribution in [-0.4, -0.2) is 63.3 Å². The van der Waals surface area contributed by atoms with Crippen LogP contribution in [0.1, 0.15) is 30.3 Å². The Morgan fingerprint density at radius 1 is 1.35 bits per heavy atom. The maximum absolute atomic E-state index is 14.2. The van der Waals surface area contributed by atoms with Crippen LogP contribution >= 0.6 is 0 Å². The van der Waals surface area contributed by atoms with Gasteiger partial charge in [0.2, 0.25) is 5.95 Å². The number of H-pyrrole nitrogens is 1. The van der Waals surface area contributed by atoms with E-state index in [-0.39, 0.29) is 24.6 Å². The van der Waals surface area contributed by atoms with E-state index in [1.807, 2.05) is 18.7 Å². The average Bonchev–Trinajstić information content (AvgIpc) is 3.45. The number of morpholine rings is 1. The van der Waals surface area contributed by atoms with Crippen molar-refractivity contribution in [1.82, 2.24) is 19.7 Å². The second kappa shape index (κ2) is 6.72. The van der Waals surface area contributed by atoms with E-state index in [0.29, 0.717) is 25.4 Å². The van der Waals surface area contributed by atoms with Gasteiger partial charge in [-0.05, 0) is 39.2 Å². The summed E-state index contributed by atoms with van der Waals surface area (Å²) in [4.78, 5) is 20.7. The molecule has 3 aliphatic rings. The SMILES string of the molecule is Cc1n[nH]c(C)c1CCN1c2nc(N3C[C@@H]4C[C@H]3CO4)cc(=O)n2C[C@@]1(C)C(F)(F)F. The molecule has 0 radical (unpaired) electrons. The molecule has 2 aromatic heterocycles. The monoisotopic (exact) mass is 438 g/mol. The van der Waals surface area contributed by atoms with Crippen molar-refractivity contribution in [3.05, 3.63) is 33.4 Å². The van der Waals surface area contributed by atoms with Gasteiger partial charge in [0, 0.05) is 24.8 Å². The first-order chi connectivity index (χ1) is 14.6. The van der Waals surface area contributed by atoms with Gasteiger partial charge in [0.25, 0.3) is 5.56 Å². The molecule has 0 saturated carbocycles. The molecule has 0 aromatic carbocycles. The number of nitrogens with one attached hydrogen (secondary N) is 1. The normalized spacial score (nSPS) is 27.4. The average molecular weight is 438 g/mol. The van der Waals surface area contributed by atoms with Crippen LogP contribution < -0.4 is 15.4 Å². The molecule has 5 heterocycles. The Morgan fingerprint density at radius 3 is 2.71 bits per heavy atom. The molecular weight excluding hydrogens is 413 g/mol. The molecule has 8 nitrogen and oxygen atoms in total. The van der Waals surface area contributed by atoms with Crippen LogP contribution in [-0.2, 0) is 17.7 Å². The number of aromatic nitrogens is 4. The molecule has 5 rings (SSSR count). The highest BCUT2D eigenvalue weighted by molar-refractivity contribution is 5.51. The molecule has 3 atom stereocenters. The number of aromatic amines is 1. The van der Waals surface area contributed by atoms with E-state index in [2.05, 4.69) is 15.2 Å². The maximum atomic E-state index is 14.2. The topological polar surface area (TPSA) is 79.3 Å². The van der Waals surface area contributed by atoms with Gasteiger partial charge in [0.05, 0.1) is 31.0 Å². The van der Waals surface area contributed by atoms with Crippen LogP contribution in [0.3, 0.4) is 0 Å². The highest BCUT2D eigenvalue weighted by atomic mass is 19.4. The molecule has 3 aliphatic heterocycles. The lowest BCUT2D eigenvalue weighted by Crippen LogP contribution is -2.56. The fourth-order valence-electron chi connectivity index (χ4n) is 5.03. The number of aryl methyl sites for hydroxylation is 2. The summed E-state index contributed by atoms with van der Waals surface area (Å²) in [6, 6.07) is 1.47. The third-order valence-electron chi connectivity index (χ3n) is 6.95. The molecule has 168 valence electrons. The van der Waals surface area contributed by atoms with E-state index in [4.69, 9.17) is 4.74 Å². The number of anilines is 2. The lowest BCUT2D eigenvalue weighted by Gasteiger charge is -2.37. The van der Waals surface area contributed by atoms with E-state index < -0.39 is 23.8 Å². The Morgan fingerprint density at radius 2 is 2.13 bits per heavy atom. The lowest BCUT2D eigenvalue weighted by molar-refractivity contribution is -0.182. The fraction of sp³-hybridized carbons (Fsp3) is 0.650. The van der Waals surface area contributed by atoms with E-state index in [0.717, 1.165) is 34.9 Å². The van der Waals surface area contributed by atoms with Gasteiger partial charge in [-0.25, -0.2) is 0 Å². The lowest BCUT2D eigenvalue weighted by atomic mass is 10.00. The minimum Gasteiger partial charge on any atom is -0.374 e. The van der Waals surface area contributed by atoms with Crippen molar-refractivity contribution in [3.63, 3.8) is 0 Å². The molecule has 0 amide bonds. The van der Waals surface area contributed by atoms with Crippen LogP contribution in [0.4, 0.5) is 24.9 Å². The first-order valence-electron chi connectivity index (χ1n) is 10.4. The molecule has 1 N–H and O–H groups in total. The number of fused-ring (bicyclic) bond motifs is 3. The Balaban J connectivity index is 1.54. The molecule has 2 fully saturated rings. The molecule has 2 bridgehead atoms. The second-order valence-electron chi connectivity index (χ2n) is 8.92. The number of ether oxygens (including phenoxy) is 1. The quantitative estimate of drug-likeness (QED) is 0.786. The van der Waals surface area contributed by atoms with E-state index in [1.165, 1.54) is 11.0 Å². The van der Waals surface area contributed by atoms with Gasteiger partial charge in [-0.2, -0.15) is 23.3 Å². The largest absolute Gasteiger partial charge is 0.413 e. The van der Waals surface area contributed by atoms with Gasteiger partial charge >= 0.3 is 6.18 Å². The van der Waals surface area contributed by atoms with Crippen LogP contribution in [0.15, 0.2) is 10.9 Å². The number of alkyl halides is 3. The van der Waals surface area contributed by atoms with Crippen LogP contribution in [0.2, 0.25) is 0 Å². The molecule has 2 aromatic rings. The van der Waals surface area contributed by atoms with Crippen LogP contribution in [0.25, 0.3) is 0 Å². The summed E-state index contributed by atoms with van der Waals surface area (Å²) in [6.45, 7) is 5.56. The van der Waals surface area contributed by atoms with Gasteiger partial charge in [-0.1, -0.05) is 0 Å². The first kappa shape index (κ1) is 20.3. The number of hydrogen-bond donors (Lipinski definition) is 1. The Bertz CT molecular complexity index is 1060. The summed E-state index contributed by atoms with van der Waals surface area (Å²) in [5, 5.41) is 7.01. The van der Waals surface area contributed by atoms with E-state index in [9.17, 15) is 18.0 Å². The number of rotatable bonds is 4. The predicted octanol–water partition coefficient (Wildman–Crippen LogP) is 1.94. The molecule has 0 unspecified atom stereocenters. The van der Waals surface area contributed by atoms with Crippen molar-refractivity contribution in [3.8, 4) is 0 Å². The number of halogens is 3. The standard InChI is InChI=1S/C20H25F3N6O2/c1-11-15(12(2)26-25-11)4-5-29-18-24-16(27-8-14-6-13(27)9-31-14)7-17(30)28(18)10-19(29,3)20(21,22)23/h7,13-14H,4-6,8-10H2,1-3H3,(H,25,26)/t13-,14-,19-/m0/s1. The van der Waals surface area contributed by atoms with Crippen molar-refractivity contribution in [1.29, 1.82) is 0 Å². The fourth-order valence-corrected chi connectivity index (χ4v) is 5.03. The summed E-state index contributed by atoms with van der Waals surface area (Å²) in [6.07, 6.45) is -3.23.